The summed E-state index contributed by atoms with van der Waals surface area (Å²) in [5.74, 6) is 0.0243. The number of nitrogens with zero attached hydrogens (tertiary/aromatic N) is 2. The molecule has 1 aromatic carbocycles. The van der Waals surface area contributed by atoms with Gasteiger partial charge in [0.05, 0.1) is 0 Å². The summed E-state index contributed by atoms with van der Waals surface area (Å²) in [6.45, 7) is 11.4. The van der Waals surface area contributed by atoms with Gasteiger partial charge in [-0.3, -0.25) is 0 Å². The first-order valence-electron chi connectivity index (χ1n) is 10.7. The van der Waals surface area contributed by atoms with Crippen molar-refractivity contribution >= 4 is 22.7 Å². The molecular formula is C23H32N2O4. The lowest BCUT2D eigenvalue weighted by atomic mass is 9.96. The van der Waals surface area contributed by atoms with E-state index in [-0.39, 0.29) is 12.0 Å². The van der Waals surface area contributed by atoms with Gasteiger partial charge in [0.15, 0.2) is 0 Å². The zero-order valence-electron chi connectivity index (χ0n) is 17.9. The highest BCUT2D eigenvalue weighted by Gasteiger charge is 2.27. The van der Waals surface area contributed by atoms with Crippen LogP contribution >= 0.6 is 0 Å². The van der Waals surface area contributed by atoms with Gasteiger partial charge in [0.1, 0.15) is 11.7 Å². The minimum absolute atomic E-state index is 0.0243. The fourth-order valence-corrected chi connectivity index (χ4v) is 4.02. The summed E-state index contributed by atoms with van der Waals surface area (Å²) in [6, 6.07) is 7.36. The summed E-state index contributed by atoms with van der Waals surface area (Å²) < 4.78 is 11.4. The smallest absolute Gasteiger partial charge is 0.410 e. The molecule has 1 aliphatic rings. The molecule has 0 N–H and O–H groups in total. The Morgan fingerprint density at radius 1 is 1.14 bits per heavy atom. The maximum absolute atomic E-state index is 12.7. The van der Waals surface area contributed by atoms with Crippen LogP contribution in [0.4, 0.5) is 10.5 Å². The van der Waals surface area contributed by atoms with Crippen molar-refractivity contribution < 1.29 is 13.9 Å². The molecule has 6 nitrogen and oxygen atoms in total. The molecule has 2 heterocycles. The number of carbonyl (C=O) groups excluding carboxylic acids is 1. The third kappa shape index (κ3) is 4.74. The van der Waals surface area contributed by atoms with E-state index < -0.39 is 11.7 Å². The van der Waals surface area contributed by atoms with Crippen molar-refractivity contribution in [1.29, 1.82) is 0 Å². The average molecular weight is 401 g/mol. The highest BCUT2D eigenvalue weighted by Crippen LogP contribution is 2.33. The molecular weight excluding hydrogens is 368 g/mol. The summed E-state index contributed by atoms with van der Waals surface area (Å²) in [7, 11) is 0. The third-order valence-corrected chi connectivity index (χ3v) is 5.64. The zero-order valence-corrected chi connectivity index (χ0v) is 17.9. The van der Waals surface area contributed by atoms with Crippen LogP contribution in [0.5, 0.6) is 0 Å². The molecule has 29 heavy (non-hydrogen) atoms. The van der Waals surface area contributed by atoms with E-state index in [0.717, 1.165) is 56.5 Å². The molecule has 1 fully saturated rings. The van der Waals surface area contributed by atoms with E-state index in [4.69, 9.17) is 9.15 Å². The molecule has 1 atom stereocenters. The molecule has 0 spiro atoms. The minimum Gasteiger partial charge on any atom is -0.441 e. The van der Waals surface area contributed by atoms with Gasteiger partial charge in [-0.05, 0) is 51.2 Å². The number of likely N-dealkylation sites (tertiary alicyclic amines) is 1. The molecule has 1 amide bonds. The Labute approximate surface area is 172 Å². The van der Waals surface area contributed by atoms with Crippen LogP contribution < -0.4 is 10.5 Å². The quantitative estimate of drug-likeness (QED) is 0.642. The number of amides is 1. The first-order valence-corrected chi connectivity index (χ1v) is 10.7. The van der Waals surface area contributed by atoms with Gasteiger partial charge in [-0.15, -0.1) is 0 Å². The largest absolute Gasteiger partial charge is 0.441 e. The summed E-state index contributed by atoms with van der Waals surface area (Å²) in [6.07, 6.45) is 2.36. The lowest BCUT2D eigenvalue weighted by Gasteiger charge is -2.30. The van der Waals surface area contributed by atoms with Crippen LogP contribution in [0.25, 0.3) is 11.0 Å². The first kappa shape index (κ1) is 21.2. The van der Waals surface area contributed by atoms with Gasteiger partial charge in [0.25, 0.3) is 0 Å². The number of anilines is 1. The Balaban J connectivity index is 1.98. The molecule has 3 rings (SSSR count). The van der Waals surface area contributed by atoms with Crippen LogP contribution in [0.2, 0.25) is 0 Å². The van der Waals surface area contributed by atoms with E-state index in [0.29, 0.717) is 11.1 Å². The maximum Gasteiger partial charge on any atom is 0.410 e. The Morgan fingerprint density at radius 3 is 2.45 bits per heavy atom. The van der Waals surface area contributed by atoms with Gasteiger partial charge in [-0.25, -0.2) is 9.59 Å². The first-order chi connectivity index (χ1) is 13.9. The molecule has 0 saturated carbocycles. The zero-order chi connectivity index (χ0) is 21.0. The summed E-state index contributed by atoms with van der Waals surface area (Å²) in [4.78, 5) is 29.0. The number of benzene rings is 1. The second kappa shape index (κ2) is 9.33. The highest BCUT2D eigenvalue weighted by molar-refractivity contribution is 5.84. The Kier molecular flexibility index (Phi) is 6.83. The van der Waals surface area contributed by atoms with Gasteiger partial charge >= 0.3 is 11.7 Å². The van der Waals surface area contributed by atoms with E-state index in [9.17, 15) is 9.59 Å². The monoisotopic (exact) mass is 400 g/mol. The van der Waals surface area contributed by atoms with E-state index in [1.165, 1.54) is 6.07 Å². The highest BCUT2D eigenvalue weighted by atomic mass is 16.6. The van der Waals surface area contributed by atoms with E-state index in [2.05, 4.69) is 18.7 Å². The molecule has 158 valence electrons. The van der Waals surface area contributed by atoms with Crippen molar-refractivity contribution in [3.63, 3.8) is 0 Å². The van der Waals surface area contributed by atoms with Crippen LogP contribution in [0.15, 0.2) is 33.5 Å². The minimum atomic E-state index is -0.504. The van der Waals surface area contributed by atoms with Gasteiger partial charge in [0.2, 0.25) is 0 Å². The molecule has 1 saturated heterocycles. The molecule has 6 heteroatoms. The maximum atomic E-state index is 12.7. The number of piperidine rings is 1. The Morgan fingerprint density at radius 2 is 1.83 bits per heavy atom. The van der Waals surface area contributed by atoms with Crippen molar-refractivity contribution in [2.24, 2.45) is 5.92 Å². The van der Waals surface area contributed by atoms with E-state index >= 15 is 0 Å². The molecule has 2 aromatic rings. The molecule has 0 aliphatic carbocycles. The second-order valence-corrected chi connectivity index (χ2v) is 7.97. The number of ether oxygens (including phenoxy) is 1. The van der Waals surface area contributed by atoms with Crippen LogP contribution in [-0.4, -0.2) is 37.2 Å². The third-order valence-electron chi connectivity index (χ3n) is 5.64. The topological polar surface area (TPSA) is 63.0 Å². The molecule has 0 bridgehead atoms. The molecule has 1 unspecified atom stereocenters. The molecule has 1 aliphatic heterocycles. The number of fused-ring (bicyclic) bond motifs is 1. The summed E-state index contributed by atoms with van der Waals surface area (Å²) in [5.41, 5.74) is 1.82. The van der Waals surface area contributed by atoms with Crippen molar-refractivity contribution in [3.05, 3.63) is 40.2 Å². The lowest BCUT2D eigenvalue weighted by Crippen LogP contribution is -2.37. The summed E-state index contributed by atoms with van der Waals surface area (Å²) >= 11 is 0. The number of hydrogen-bond acceptors (Lipinski definition) is 5. The fraction of sp³-hybridized carbons (Fsp3) is 0.565. The van der Waals surface area contributed by atoms with Crippen molar-refractivity contribution in [2.45, 2.75) is 53.1 Å². The predicted octanol–water partition coefficient (Wildman–Crippen LogP) is 4.96. The number of rotatable bonds is 6. The van der Waals surface area contributed by atoms with E-state index in [1.54, 1.807) is 4.90 Å². The Bertz CT molecular complexity index is 895. The number of hydrogen-bond donors (Lipinski definition) is 0. The van der Waals surface area contributed by atoms with Crippen molar-refractivity contribution in [1.82, 2.24) is 4.90 Å². The van der Waals surface area contributed by atoms with Crippen LogP contribution in [-0.2, 0) is 4.74 Å². The van der Waals surface area contributed by atoms with Gasteiger partial charge in [-0.1, -0.05) is 13.8 Å². The average Bonchev–Trinajstić information content (AvgIpc) is 2.72. The van der Waals surface area contributed by atoms with Gasteiger partial charge in [-0.2, -0.15) is 0 Å². The SMILES string of the molecule is CCN(CC)c1ccc2c(C(OC(=O)N3CCCCC3)C(C)C)cc(=O)oc2c1. The van der Waals surface area contributed by atoms with Gasteiger partial charge in [0, 0.05) is 54.9 Å². The number of carbonyl (C=O) groups is 1. The second-order valence-electron chi connectivity index (χ2n) is 7.97. The standard InChI is InChI=1S/C23H32N2O4/c1-5-24(6-2)17-10-11-18-19(15-21(26)28-20(18)14-17)22(16(3)4)29-23(27)25-12-8-7-9-13-25/h10-11,14-16,22H,5-9,12-13H2,1-4H3. The van der Waals surface area contributed by atoms with Gasteiger partial charge < -0.3 is 19.0 Å². The van der Waals surface area contributed by atoms with Crippen LogP contribution in [0.1, 0.15) is 58.6 Å². The summed E-state index contributed by atoms with van der Waals surface area (Å²) in [5, 5.41) is 0.811. The normalized spacial score (nSPS) is 15.6. The lowest BCUT2D eigenvalue weighted by molar-refractivity contribution is 0.0376. The predicted molar refractivity (Wildman–Crippen MR) is 116 cm³/mol. The van der Waals surface area contributed by atoms with Crippen molar-refractivity contribution in [2.75, 3.05) is 31.1 Å². The fourth-order valence-electron chi connectivity index (χ4n) is 4.02. The Hall–Kier alpha value is -2.50. The van der Waals surface area contributed by atoms with E-state index in [1.807, 2.05) is 32.0 Å². The van der Waals surface area contributed by atoms with Crippen LogP contribution in [0.3, 0.4) is 0 Å². The van der Waals surface area contributed by atoms with Crippen LogP contribution in [0, 0.1) is 5.92 Å². The molecule has 0 radical (unpaired) electrons. The molecule has 1 aromatic heterocycles. The van der Waals surface area contributed by atoms with Crippen molar-refractivity contribution in [3.8, 4) is 0 Å².